The van der Waals surface area contributed by atoms with Gasteiger partial charge in [0.25, 0.3) is 10.9 Å². The highest BCUT2D eigenvalue weighted by molar-refractivity contribution is 7.88. The molecule has 0 atom stereocenters. The largest absolute Gasteiger partial charge is 0.492 e. The summed E-state index contributed by atoms with van der Waals surface area (Å²) in [6, 6.07) is 12.6. The van der Waals surface area contributed by atoms with Crippen molar-refractivity contribution < 1.29 is 13.2 Å². The van der Waals surface area contributed by atoms with Crippen LogP contribution in [0.25, 0.3) is 11.0 Å². The van der Waals surface area contributed by atoms with E-state index in [9.17, 15) is 18.0 Å². The number of aromatic amines is 1. The van der Waals surface area contributed by atoms with Crippen LogP contribution in [0.2, 0.25) is 0 Å². The molecule has 0 spiro atoms. The highest BCUT2D eigenvalue weighted by atomic mass is 32.2. The van der Waals surface area contributed by atoms with E-state index in [1.807, 2.05) is 18.2 Å². The molecule has 0 aliphatic rings. The Morgan fingerprint density at radius 1 is 1.06 bits per heavy atom. The quantitative estimate of drug-likeness (QED) is 0.208. The number of fused-ring (bicyclic) bond motifs is 1. The number of hydrogen-bond acceptors (Lipinski definition) is 8. The van der Waals surface area contributed by atoms with Crippen molar-refractivity contribution in [2.75, 3.05) is 30.0 Å². The van der Waals surface area contributed by atoms with Crippen LogP contribution in [0.1, 0.15) is 5.56 Å². The van der Waals surface area contributed by atoms with Crippen LogP contribution in [0, 0.1) is 0 Å². The molecule has 0 saturated carbocycles. The maximum atomic E-state index is 12.1. The molecule has 0 bridgehead atoms. The number of hydrogen-bond donors (Lipinski definition) is 4. The molecular formula is C21H21N5O5S. The number of ether oxygens (including phenoxy) is 1. The van der Waals surface area contributed by atoms with Gasteiger partial charge in [-0.1, -0.05) is 12.1 Å². The fraction of sp³-hybridized carbons (Fsp3) is 0.190. The van der Waals surface area contributed by atoms with Gasteiger partial charge in [-0.2, -0.15) is 0 Å². The number of H-pyrrole nitrogens is 1. The summed E-state index contributed by atoms with van der Waals surface area (Å²) in [7, 11) is -3.26. The van der Waals surface area contributed by atoms with Crippen molar-refractivity contribution in [3.63, 3.8) is 0 Å². The molecule has 32 heavy (non-hydrogen) atoms. The number of sulfonamides is 1. The molecule has 1 heterocycles. The Morgan fingerprint density at radius 3 is 2.69 bits per heavy atom. The molecule has 166 valence electrons. The third kappa shape index (κ3) is 4.95. The number of nitrogens with one attached hydrogen (secondary N) is 4. The lowest BCUT2D eigenvalue weighted by molar-refractivity contribution is 0.322. The third-order valence-corrected chi connectivity index (χ3v) is 5.43. The zero-order valence-corrected chi connectivity index (χ0v) is 18.0. The first-order chi connectivity index (χ1) is 15.3. The van der Waals surface area contributed by atoms with Crippen molar-refractivity contribution in [3.8, 4) is 5.75 Å². The molecule has 0 fully saturated rings. The molecule has 0 aliphatic carbocycles. The van der Waals surface area contributed by atoms with E-state index in [1.165, 1.54) is 0 Å². The Balaban J connectivity index is 1.38. The Morgan fingerprint density at radius 2 is 1.88 bits per heavy atom. The zero-order chi connectivity index (χ0) is 22.7. The summed E-state index contributed by atoms with van der Waals surface area (Å²) >= 11 is 0. The van der Waals surface area contributed by atoms with Crippen molar-refractivity contribution in [3.05, 3.63) is 74.8 Å². The van der Waals surface area contributed by atoms with Crippen molar-refractivity contribution >= 4 is 38.1 Å². The lowest BCUT2D eigenvalue weighted by Crippen LogP contribution is -2.36. The van der Waals surface area contributed by atoms with Gasteiger partial charge in [0.05, 0.1) is 23.6 Å². The van der Waals surface area contributed by atoms with Crippen LogP contribution >= 0.6 is 0 Å². The first kappa shape index (κ1) is 21.5. The minimum Gasteiger partial charge on any atom is -0.492 e. The van der Waals surface area contributed by atoms with Crippen LogP contribution in [-0.4, -0.2) is 37.8 Å². The smallest absolute Gasteiger partial charge is 0.253 e. The van der Waals surface area contributed by atoms with Crippen LogP contribution in [0.3, 0.4) is 0 Å². The molecule has 4 N–H and O–H groups in total. The molecule has 3 aromatic carbocycles. The molecule has 0 unspecified atom stereocenters. The molecule has 4 aromatic rings. The van der Waals surface area contributed by atoms with Gasteiger partial charge < -0.3 is 20.4 Å². The van der Waals surface area contributed by atoms with Gasteiger partial charge in [0.1, 0.15) is 23.7 Å². The summed E-state index contributed by atoms with van der Waals surface area (Å²) in [6.07, 6.45) is 2.66. The first-order valence-electron chi connectivity index (χ1n) is 9.74. The van der Waals surface area contributed by atoms with Gasteiger partial charge in [-0.3, -0.25) is 9.59 Å². The second-order valence-electron chi connectivity index (χ2n) is 7.18. The van der Waals surface area contributed by atoms with Crippen LogP contribution in [-0.2, 0) is 16.6 Å². The van der Waals surface area contributed by atoms with Gasteiger partial charge in [0.15, 0.2) is 0 Å². The highest BCUT2D eigenvalue weighted by Gasteiger charge is 2.21. The molecule has 0 radical (unpaired) electrons. The fourth-order valence-electron chi connectivity index (χ4n) is 3.17. The summed E-state index contributed by atoms with van der Waals surface area (Å²) in [6.45, 7) is 0.638. The van der Waals surface area contributed by atoms with Crippen molar-refractivity contribution in [2.45, 2.75) is 6.54 Å². The second kappa shape index (κ2) is 8.81. The monoisotopic (exact) mass is 455 g/mol. The average Bonchev–Trinajstić information content (AvgIpc) is 3.23. The van der Waals surface area contributed by atoms with Gasteiger partial charge in [-0.15, -0.1) is 0 Å². The van der Waals surface area contributed by atoms with Gasteiger partial charge in [0, 0.05) is 18.8 Å². The number of nitrogens with zero attached hydrogens (tertiary/aromatic N) is 1. The minimum atomic E-state index is -3.26. The number of aromatic nitrogens is 2. The SMILES string of the molecule is CS(=O)(=O)NCCOc1cccc(CNc2c(Nc3ccc4nc[nH]c4c3)c(=O)c2=O)c1. The first-order valence-corrected chi connectivity index (χ1v) is 11.6. The second-order valence-corrected chi connectivity index (χ2v) is 9.02. The van der Waals surface area contributed by atoms with Gasteiger partial charge in [-0.05, 0) is 35.9 Å². The van der Waals surface area contributed by atoms with E-state index in [-0.39, 0.29) is 24.5 Å². The summed E-state index contributed by atoms with van der Waals surface area (Å²) in [5.74, 6) is 0.566. The highest BCUT2D eigenvalue weighted by Crippen LogP contribution is 2.24. The fourth-order valence-corrected chi connectivity index (χ4v) is 3.62. The number of anilines is 3. The molecule has 0 amide bonds. The Bertz CT molecular complexity index is 1440. The Hall–Kier alpha value is -3.70. The van der Waals surface area contributed by atoms with Crippen LogP contribution in [0.5, 0.6) is 5.75 Å². The van der Waals surface area contributed by atoms with Crippen LogP contribution in [0.4, 0.5) is 17.1 Å². The van der Waals surface area contributed by atoms with E-state index >= 15 is 0 Å². The lowest BCUT2D eigenvalue weighted by Gasteiger charge is -2.15. The van der Waals surface area contributed by atoms with E-state index in [2.05, 4.69) is 25.3 Å². The van der Waals surface area contributed by atoms with Gasteiger partial charge >= 0.3 is 0 Å². The topological polar surface area (TPSA) is 142 Å². The summed E-state index contributed by atoms with van der Waals surface area (Å²) in [4.78, 5) is 31.3. The molecule has 0 saturated heterocycles. The lowest BCUT2D eigenvalue weighted by atomic mass is 10.1. The summed E-state index contributed by atoms with van der Waals surface area (Å²) in [5, 5.41) is 6.01. The van der Waals surface area contributed by atoms with E-state index in [0.717, 1.165) is 22.9 Å². The minimum absolute atomic E-state index is 0.157. The molecule has 0 aliphatic heterocycles. The molecule has 10 nitrogen and oxygen atoms in total. The predicted octanol–water partition coefficient (Wildman–Crippen LogP) is 1.44. The standard InChI is InChI=1S/C21H21N5O5S/c1-32(29,30)25-7-8-31-15-4-2-3-13(9-15)11-22-18-19(21(28)20(18)27)26-14-5-6-16-17(10-14)24-12-23-16/h2-6,9-10,12,22,25-26H,7-8,11H2,1H3,(H,23,24). The van der Waals surface area contributed by atoms with Crippen molar-refractivity contribution in [1.82, 2.24) is 14.7 Å². The molecule has 4 rings (SSSR count). The number of imidazole rings is 1. The Kier molecular flexibility index (Phi) is 5.93. The maximum Gasteiger partial charge on any atom is 0.253 e. The zero-order valence-electron chi connectivity index (χ0n) is 17.1. The Labute approximate surface area is 183 Å². The van der Waals surface area contributed by atoms with E-state index in [1.54, 1.807) is 30.6 Å². The van der Waals surface area contributed by atoms with E-state index in [4.69, 9.17) is 4.74 Å². The third-order valence-electron chi connectivity index (χ3n) is 4.70. The normalized spacial score (nSPS) is 11.7. The number of benzene rings is 2. The van der Waals surface area contributed by atoms with E-state index < -0.39 is 20.9 Å². The average molecular weight is 455 g/mol. The predicted molar refractivity (Wildman–Crippen MR) is 123 cm³/mol. The van der Waals surface area contributed by atoms with Gasteiger partial charge in [0.2, 0.25) is 10.0 Å². The molecule has 11 heteroatoms. The van der Waals surface area contributed by atoms with Crippen LogP contribution < -0.4 is 31.0 Å². The summed E-state index contributed by atoms with van der Waals surface area (Å²) in [5.41, 5.74) is 2.39. The van der Waals surface area contributed by atoms with Crippen molar-refractivity contribution in [1.29, 1.82) is 0 Å². The van der Waals surface area contributed by atoms with E-state index in [0.29, 0.717) is 18.0 Å². The maximum absolute atomic E-state index is 12.1. The molecular weight excluding hydrogens is 434 g/mol. The van der Waals surface area contributed by atoms with Crippen LogP contribution in [0.15, 0.2) is 58.4 Å². The van der Waals surface area contributed by atoms with Crippen molar-refractivity contribution in [2.24, 2.45) is 0 Å². The number of rotatable bonds is 10. The molecule has 1 aromatic heterocycles. The van der Waals surface area contributed by atoms with Gasteiger partial charge in [-0.25, -0.2) is 18.1 Å². The summed E-state index contributed by atoms with van der Waals surface area (Å²) < 4.78 is 30.1.